The molecule has 0 spiro atoms. The molecule has 84 valence electrons. The van der Waals surface area contributed by atoms with Crippen LogP contribution in [0.3, 0.4) is 0 Å². The number of nitrogens with one attached hydrogen (secondary N) is 1. The smallest absolute Gasteiger partial charge is 0.0844 e. The monoisotopic (exact) mass is 200 g/mol. The standard InChI is InChI=1S/C11H24N2O/c1-4-10(13-12)11(14-3)7-5-9(2)6-8-11/h9-10,13H,4-8,12H2,1-3H3. The van der Waals surface area contributed by atoms with E-state index in [1.807, 2.05) is 7.11 Å². The second-order valence-electron chi connectivity index (χ2n) is 4.58. The summed E-state index contributed by atoms with van der Waals surface area (Å²) in [5.41, 5.74) is 2.89. The third kappa shape index (κ3) is 2.27. The van der Waals surface area contributed by atoms with Crippen molar-refractivity contribution in [1.29, 1.82) is 0 Å². The van der Waals surface area contributed by atoms with Crippen molar-refractivity contribution in [3.8, 4) is 0 Å². The third-order valence-corrected chi connectivity index (χ3v) is 3.77. The molecule has 0 heterocycles. The molecule has 1 fully saturated rings. The summed E-state index contributed by atoms with van der Waals surface area (Å²) >= 11 is 0. The zero-order valence-corrected chi connectivity index (χ0v) is 9.68. The van der Waals surface area contributed by atoms with E-state index in [4.69, 9.17) is 10.6 Å². The summed E-state index contributed by atoms with van der Waals surface area (Å²) < 4.78 is 5.73. The SMILES string of the molecule is CCC(NN)C1(OC)CCC(C)CC1. The molecule has 3 N–H and O–H groups in total. The van der Waals surface area contributed by atoms with Crippen LogP contribution in [-0.2, 0) is 4.74 Å². The van der Waals surface area contributed by atoms with Gasteiger partial charge in [-0.3, -0.25) is 11.3 Å². The molecule has 1 unspecified atom stereocenters. The molecule has 0 bridgehead atoms. The topological polar surface area (TPSA) is 47.3 Å². The molecule has 1 aliphatic carbocycles. The fourth-order valence-electron chi connectivity index (χ4n) is 2.59. The second kappa shape index (κ2) is 5.10. The molecule has 3 heteroatoms. The zero-order chi connectivity index (χ0) is 10.6. The van der Waals surface area contributed by atoms with E-state index in [1.54, 1.807) is 0 Å². The lowest BCUT2D eigenvalue weighted by Gasteiger charge is -2.43. The first kappa shape index (κ1) is 12.0. The first-order chi connectivity index (χ1) is 6.68. The highest BCUT2D eigenvalue weighted by atomic mass is 16.5. The maximum absolute atomic E-state index is 5.73. The van der Waals surface area contributed by atoms with E-state index in [0.717, 1.165) is 25.2 Å². The number of hydrazine groups is 1. The Kier molecular flexibility index (Phi) is 4.35. The van der Waals surface area contributed by atoms with Gasteiger partial charge in [0.2, 0.25) is 0 Å². The van der Waals surface area contributed by atoms with Gasteiger partial charge in [-0.1, -0.05) is 13.8 Å². The van der Waals surface area contributed by atoms with Crippen molar-refractivity contribution in [1.82, 2.24) is 5.43 Å². The number of ether oxygens (including phenoxy) is 1. The van der Waals surface area contributed by atoms with Crippen LogP contribution in [0.25, 0.3) is 0 Å². The van der Waals surface area contributed by atoms with Gasteiger partial charge in [0.25, 0.3) is 0 Å². The van der Waals surface area contributed by atoms with Crippen LogP contribution in [0.5, 0.6) is 0 Å². The Hall–Kier alpha value is -0.120. The highest BCUT2D eigenvalue weighted by Gasteiger charge is 2.40. The molecule has 0 aromatic rings. The van der Waals surface area contributed by atoms with E-state index >= 15 is 0 Å². The van der Waals surface area contributed by atoms with E-state index in [2.05, 4.69) is 19.3 Å². The zero-order valence-electron chi connectivity index (χ0n) is 9.68. The lowest BCUT2D eigenvalue weighted by molar-refractivity contribution is -0.0755. The van der Waals surface area contributed by atoms with Crippen molar-refractivity contribution in [3.63, 3.8) is 0 Å². The molecule has 0 aromatic heterocycles. The Morgan fingerprint density at radius 2 is 2.07 bits per heavy atom. The van der Waals surface area contributed by atoms with Gasteiger partial charge in [0.15, 0.2) is 0 Å². The van der Waals surface area contributed by atoms with Crippen LogP contribution in [0, 0.1) is 5.92 Å². The molecule has 0 aliphatic heterocycles. The summed E-state index contributed by atoms with van der Waals surface area (Å²) in [6, 6.07) is 0.292. The summed E-state index contributed by atoms with van der Waals surface area (Å²) in [6.45, 7) is 4.47. The Balaban J connectivity index is 2.65. The molecule has 1 rings (SSSR count). The quantitative estimate of drug-likeness (QED) is 0.537. The third-order valence-electron chi connectivity index (χ3n) is 3.77. The molecule has 1 aliphatic rings. The number of rotatable bonds is 4. The van der Waals surface area contributed by atoms with Gasteiger partial charge in [-0.2, -0.15) is 0 Å². The van der Waals surface area contributed by atoms with E-state index in [0.29, 0.717) is 6.04 Å². The van der Waals surface area contributed by atoms with Gasteiger partial charge >= 0.3 is 0 Å². The van der Waals surface area contributed by atoms with Crippen LogP contribution in [0.4, 0.5) is 0 Å². The maximum atomic E-state index is 5.73. The van der Waals surface area contributed by atoms with Crippen LogP contribution in [0.2, 0.25) is 0 Å². The number of nitrogens with two attached hydrogens (primary N) is 1. The van der Waals surface area contributed by atoms with Crippen molar-refractivity contribution in [2.24, 2.45) is 11.8 Å². The summed E-state index contributed by atoms with van der Waals surface area (Å²) in [5.74, 6) is 6.42. The van der Waals surface area contributed by atoms with Crippen LogP contribution in [0.1, 0.15) is 46.0 Å². The predicted molar refractivity (Wildman–Crippen MR) is 58.8 cm³/mol. The summed E-state index contributed by atoms with van der Waals surface area (Å²) in [5, 5.41) is 0. The molecular formula is C11H24N2O. The Morgan fingerprint density at radius 1 is 1.50 bits per heavy atom. The van der Waals surface area contributed by atoms with Crippen LogP contribution < -0.4 is 11.3 Å². The maximum Gasteiger partial charge on any atom is 0.0844 e. The molecule has 0 radical (unpaired) electrons. The summed E-state index contributed by atoms with van der Waals surface area (Å²) in [6.07, 6.45) is 5.80. The van der Waals surface area contributed by atoms with Crippen molar-refractivity contribution < 1.29 is 4.74 Å². The van der Waals surface area contributed by atoms with Gasteiger partial charge < -0.3 is 4.74 Å². The fraction of sp³-hybridized carbons (Fsp3) is 1.00. The Bertz CT molecular complexity index is 161. The minimum atomic E-state index is -0.0178. The second-order valence-corrected chi connectivity index (χ2v) is 4.58. The average molecular weight is 200 g/mol. The number of hydrogen-bond donors (Lipinski definition) is 2. The molecule has 1 saturated carbocycles. The molecule has 3 nitrogen and oxygen atoms in total. The van der Waals surface area contributed by atoms with Crippen molar-refractivity contribution in [2.75, 3.05) is 7.11 Å². The molecule has 0 amide bonds. The largest absolute Gasteiger partial charge is 0.377 e. The van der Waals surface area contributed by atoms with E-state index < -0.39 is 0 Å². The Morgan fingerprint density at radius 3 is 2.43 bits per heavy atom. The minimum absolute atomic E-state index is 0.0178. The number of hydrogen-bond acceptors (Lipinski definition) is 3. The predicted octanol–water partition coefficient (Wildman–Crippen LogP) is 1.82. The van der Waals surface area contributed by atoms with Crippen molar-refractivity contribution in [2.45, 2.75) is 57.6 Å². The lowest BCUT2D eigenvalue weighted by Crippen LogP contribution is -2.55. The highest BCUT2D eigenvalue weighted by Crippen LogP contribution is 2.37. The first-order valence-corrected chi connectivity index (χ1v) is 5.69. The summed E-state index contributed by atoms with van der Waals surface area (Å²) in [4.78, 5) is 0. The molecule has 14 heavy (non-hydrogen) atoms. The van der Waals surface area contributed by atoms with Gasteiger partial charge in [-0.05, 0) is 38.0 Å². The summed E-state index contributed by atoms with van der Waals surface area (Å²) in [7, 11) is 1.82. The first-order valence-electron chi connectivity index (χ1n) is 5.69. The van der Waals surface area contributed by atoms with Gasteiger partial charge in [-0.15, -0.1) is 0 Å². The van der Waals surface area contributed by atoms with Gasteiger partial charge in [-0.25, -0.2) is 0 Å². The van der Waals surface area contributed by atoms with E-state index in [-0.39, 0.29) is 5.60 Å². The van der Waals surface area contributed by atoms with Crippen molar-refractivity contribution in [3.05, 3.63) is 0 Å². The van der Waals surface area contributed by atoms with Crippen molar-refractivity contribution >= 4 is 0 Å². The Labute approximate surface area is 87.4 Å². The van der Waals surface area contributed by atoms with Gasteiger partial charge in [0, 0.05) is 13.2 Å². The minimum Gasteiger partial charge on any atom is -0.377 e. The van der Waals surface area contributed by atoms with Crippen LogP contribution in [-0.4, -0.2) is 18.8 Å². The van der Waals surface area contributed by atoms with Gasteiger partial charge in [0.05, 0.1) is 5.60 Å². The normalized spacial score (nSPS) is 35.6. The highest BCUT2D eigenvalue weighted by molar-refractivity contribution is 4.94. The lowest BCUT2D eigenvalue weighted by atomic mass is 9.75. The number of methoxy groups -OCH3 is 1. The molecule has 1 atom stereocenters. The van der Waals surface area contributed by atoms with E-state index in [9.17, 15) is 0 Å². The van der Waals surface area contributed by atoms with Crippen LogP contribution >= 0.6 is 0 Å². The molecule has 0 saturated heterocycles. The van der Waals surface area contributed by atoms with E-state index in [1.165, 1.54) is 12.8 Å². The average Bonchev–Trinajstić information content (AvgIpc) is 2.23. The molecule has 0 aromatic carbocycles. The van der Waals surface area contributed by atoms with Crippen LogP contribution in [0.15, 0.2) is 0 Å². The van der Waals surface area contributed by atoms with Gasteiger partial charge in [0.1, 0.15) is 0 Å². The molecular weight excluding hydrogens is 176 g/mol. The fourth-order valence-corrected chi connectivity index (χ4v) is 2.59.